The van der Waals surface area contributed by atoms with Crippen LogP contribution in [0.1, 0.15) is 18.9 Å². The van der Waals surface area contributed by atoms with Crippen LogP contribution in [0, 0.1) is 6.92 Å². The molecular formula is C16H22N4O. The number of nitrogens with one attached hydrogen (secondary N) is 2. The summed E-state index contributed by atoms with van der Waals surface area (Å²) in [6, 6.07) is 9.89. The van der Waals surface area contributed by atoms with Crippen molar-refractivity contribution in [2.75, 3.05) is 30.3 Å². The normalized spacial score (nSPS) is 10.2. The van der Waals surface area contributed by atoms with E-state index in [2.05, 4.69) is 40.5 Å². The lowest BCUT2D eigenvalue weighted by Gasteiger charge is -2.09. The lowest BCUT2D eigenvalue weighted by atomic mass is 10.2. The van der Waals surface area contributed by atoms with Crippen molar-refractivity contribution < 1.29 is 4.74 Å². The van der Waals surface area contributed by atoms with E-state index in [-0.39, 0.29) is 0 Å². The summed E-state index contributed by atoms with van der Waals surface area (Å²) >= 11 is 0. The molecule has 0 fully saturated rings. The fourth-order valence-electron chi connectivity index (χ4n) is 1.83. The molecule has 2 aromatic rings. The van der Waals surface area contributed by atoms with Gasteiger partial charge in [0.2, 0.25) is 5.95 Å². The molecule has 0 radical (unpaired) electrons. The van der Waals surface area contributed by atoms with E-state index in [1.165, 1.54) is 5.56 Å². The maximum absolute atomic E-state index is 5.68. The van der Waals surface area contributed by atoms with Gasteiger partial charge in [-0.2, -0.15) is 4.98 Å². The lowest BCUT2D eigenvalue weighted by Crippen LogP contribution is -2.13. The van der Waals surface area contributed by atoms with Crippen molar-refractivity contribution in [2.45, 2.75) is 20.3 Å². The van der Waals surface area contributed by atoms with E-state index >= 15 is 0 Å². The minimum atomic E-state index is 0.588. The molecule has 0 bridgehead atoms. The molecule has 0 unspecified atom stereocenters. The number of hydrogen-bond donors (Lipinski definition) is 2. The van der Waals surface area contributed by atoms with Crippen molar-refractivity contribution in [1.29, 1.82) is 0 Å². The summed E-state index contributed by atoms with van der Waals surface area (Å²) in [6.45, 7) is 6.32. The molecule has 0 atom stereocenters. The highest BCUT2D eigenvalue weighted by Crippen LogP contribution is 2.12. The van der Waals surface area contributed by atoms with Gasteiger partial charge in [-0.3, -0.25) is 0 Å². The number of aryl methyl sites for hydroxylation is 1. The van der Waals surface area contributed by atoms with Crippen LogP contribution in [0.3, 0.4) is 0 Å². The molecule has 112 valence electrons. The second-order valence-electron chi connectivity index (χ2n) is 4.78. The lowest BCUT2D eigenvalue weighted by molar-refractivity contribution is 0.332. The Kier molecular flexibility index (Phi) is 5.82. The van der Waals surface area contributed by atoms with E-state index in [1.807, 2.05) is 24.3 Å². The molecule has 0 amide bonds. The standard InChI is InChI=1S/C16H22N4O/c1-3-8-18-16-19-9-7-15(20-16)17-10-11-21-14-6-4-5-13(2)12-14/h4-7,9,12H,3,8,10-11H2,1-2H3,(H2,17,18,19,20). The summed E-state index contributed by atoms with van der Waals surface area (Å²) < 4.78 is 5.68. The van der Waals surface area contributed by atoms with Crippen molar-refractivity contribution in [3.8, 4) is 5.75 Å². The Bertz CT molecular complexity index is 559. The van der Waals surface area contributed by atoms with Crippen LogP contribution in [0.2, 0.25) is 0 Å². The number of benzene rings is 1. The SMILES string of the molecule is CCCNc1nccc(NCCOc2cccc(C)c2)n1. The molecule has 0 aliphatic carbocycles. The molecule has 0 spiro atoms. The van der Waals surface area contributed by atoms with Crippen LogP contribution in [0.5, 0.6) is 5.75 Å². The van der Waals surface area contributed by atoms with Gasteiger partial charge in [0, 0.05) is 12.7 Å². The quantitative estimate of drug-likeness (QED) is 0.730. The number of nitrogens with zero attached hydrogens (tertiary/aromatic N) is 2. The van der Waals surface area contributed by atoms with Crippen LogP contribution in [0.15, 0.2) is 36.5 Å². The van der Waals surface area contributed by atoms with E-state index in [0.717, 1.165) is 24.5 Å². The third-order valence-electron chi connectivity index (χ3n) is 2.86. The van der Waals surface area contributed by atoms with Gasteiger partial charge < -0.3 is 15.4 Å². The molecule has 1 aromatic carbocycles. The van der Waals surface area contributed by atoms with E-state index in [9.17, 15) is 0 Å². The molecule has 1 aromatic heterocycles. The first-order chi connectivity index (χ1) is 10.3. The third kappa shape index (κ3) is 5.30. The van der Waals surface area contributed by atoms with Gasteiger partial charge in [-0.25, -0.2) is 4.98 Å². The fraction of sp³-hybridized carbons (Fsp3) is 0.375. The van der Waals surface area contributed by atoms with Gasteiger partial charge in [0.1, 0.15) is 18.2 Å². The molecule has 1 heterocycles. The Hall–Kier alpha value is -2.30. The zero-order valence-electron chi connectivity index (χ0n) is 12.6. The fourth-order valence-corrected chi connectivity index (χ4v) is 1.83. The average Bonchev–Trinajstić information content (AvgIpc) is 2.50. The minimum Gasteiger partial charge on any atom is -0.492 e. The summed E-state index contributed by atoms with van der Waals surface area (Å²) in [7, 11) is 0. The molecule has 5 heteroatoms. The average molecular weight is 286 g/mol. The summed E-state index contributed by atoms with van der Waals surface area (Å²) in [5.74, 6) is 2.35. The van der Waals surface area contributed by atoms with Crippen LogP contribution >= 0.6 is 0 Å². The summed E-state index contributed by atoms with van der Waals surface area (Å²) in [6.07, 6.45) is 2.79. The molecule has 0 aliphatic heterocycles. The highest BCUT2D eigenvalue weighted by molar-refractivity contribution is 5.39. The van der Waals surface area contributed by atoms with Crippen molar-refractivity contribution in [1.82, 2.24) is 9.97 Å². The van der Waals surface area contributed by atoms with E-state index in [4.69, 9.17) is 4.74 Å². The van der Waals surface area contributed by atoms with E-state index < -0.39 is 0 Å². The predicted molar refractivity (Wildman–Crippen MR) is 86.0 cm³/mol. The summed E-state index contributed by atoms with van der Waals surface area (Å²) in [5, 5.41) is 6.39. The first-order valence-electron chi connectivity index (χ1n) is 7.28. The van der Waals surface area contributed by atoms with Gasteiger partial charge in [-0.1, -0.05) is 19.1 Å². The number of ether oxygens (including phenoxy) is 1. The van der Waals surface area contributed by atoms with Crippen LogP contribution in [-0.2, 0) is 0 Å². The highest BCUT2D eigenvalue weighted by atomic mass is 16.5. The van der Waals surface area contributed by atoms with E-state index in [1.54, 1.807) is 6.20 Å². The first-order valence-corrected chi connectivity index (χ1v) is 7.28. The van der Waals surface area contributed by atoms with Gasteiger partial charge in [0.05, 0.1) is 6.54 Å². The highest BCUT2D eigenvalue weighted by Gasteiger charge is 1.98. The largest absolute Gasteiger partial charge is 0.492 e. The Morgan fingerprint density at radius 3 is 2.86 bits per heavy atom. The van der Waals surface area contributed by atoms with Crippen molar-refractivity contribution in [3.63, 3.8) is 0 Å². The number of rotatable bonds is 8. The summed E-state index contributed by atoms with van der Waals surface area (Å²) in [5.41, 5.74) is 1.20. The first kappa shape index (κ1) is 15.1. The van der Waals surface area contributed by atoms with Crippen LogP contribution in [0.4, 0.5) is 11.8 Å². The molecule has 2 rings (SSSR count). The Morgan fingerprint density at radius 2 is 2.05 bits per heavy atom. The monoisotopic (exact) mass is 286 g/mol. The number of hydrogen-bond acceptors (Lipinski definition) is 5. The smallest absolute Gasteiger partial charge is 0.224 e. The second-order valence-corrected chi connectivity index (χ2v) is 4.78. The van der Waals surface area contributed by atoms with E-state index in [0.29, 0.717) is 19.1 Å². The van der Waals surface area contributed by atoms with Gasteiger partial charge in [0.15, 0.2) is 0 Å². The molecule has 5 nitrogen and oxygen atoms in total. The molecule has 0 aliphatic rings. The van der Waals surface area contributed by atoms with Crippen molar-refractivity contribution in [3.05, 3.63) is 42.1 Å². The topological polar surface area (TPSA) is 59.1 Å². The Balaban J connectivity index is 1.75. The van der Waals surface area contributed by atoms with Gasteiger partial charge in [-0.15, -0.1) is 0 Å². The maximum Gasteiger partial charge on any atom is 0.224 e. The zero-order valence-corrected chi connectivity index (χ0v) is 12.6. The minimum absolute atomic E-state index is 0.588. The molecule has 0 saturated heterocycles. The predicted octanol–water partition coefficient (Wildman–Crippen LogP) is 3.10. The molecule has 2 N–H and O–H groups in total. The van der Waals surface area contributed by atoms with Crippen LogP contribution < -0.4 is 15.4 Å². The Labute approximate surface area is 125 Å². The van der Waals surface area contributed by atoms with Crippen LogP contribution in [-0.4, -0.2) is 29.7 Å². The summed E-state index contributed by atoms with van der Waals surface area (Å²) in [4.78, 5) is 8.55. The second kappa shape index (κ2) is 8.09. The third-order valence-corrected chi connectivity index (χ3v) is 2.86. The van der Waals surface area contributed by atoms with Crippen molar-refractivity contribution in [2.24, 2.45) is 0 Å². The number of anilines is 2. The molecule has 21 heavy (non-hydrogen) atoms. The Morgan fingerprint density at radius 1 is 1.14 bits per heavy atom. The zero-order chi connectivity index (χ0) is 14.9. The maximum atomic E-state index is 5.68. The molecule has 0 saturated carbocycles. The molecular weight excluding hydrogens is 264 g/mol. The van der Waals surface area contributed by atoms with Crippen molar-refractivity contribution >= 4 is 11.8 Å². The van der Waals surface area contributed by atoms with Crippen LogP contribution in [0.25, 0.3) is 0 Å². The number of aromatic nitrogens is 2. The van der Waals surface area contributed by atoms with Gasteiger partial charge in [-0.05, 0) is 37.1 Å². The van der Waals surface area contributed by atoms with Gasteiger partial charge >= 0.3 is 0 Å². The van der Waals surface area contributed by atoms with Gasteiger partial charge in [0.25, 0.3) is 0 Å².